The fourth-order valence-electron chi connectivity index (χ4n) is 3.72. The standard InChI is InChI=1S/C21H30N4O5S/c1-15(21(27)25-12-6-5-7-13-25)30-20(26)11-10-19-22-17-14-16(31(28,29)23(2)3)8-9-18(17)24(19)4/h8-9,14-15H,5-7,10-13H2,1-4H3. The van der Waals surface area contributed by atoms with Gasteiger partial charge in [0.15, 0.2) is 6.10 Å². The predicted octanol–water partition coefficient (Wildman–Crippen LogP) is 1.70. The van der Waals surface area contributed by atoms with Crippen LogP contribution < -0.4 is 0 Å². The van der Waals surface area contributed by atoms with Crippen LogP contribution in [0.3, 0.4) is 0 Å². The molecule has 170 valence electrons. The van der Waals surface area contributed by atoms with Crippen LogP contribution in [0.1, 0.15) is 38.4 Å². The van der Waals surface area contributed by atoms with Gasteiger partial charge in [-0.15, -0.1) is 0 Å². The van der Waals surface area contributed by atoms with Gasteiger partial charge in [-0.2, -0.15) is 0 Å². The number of esters is 1. The monoisotopic (exact) mass is 450 g/mol. The van der Waals surface area contributed by atoms with Gasteiger partial charge in [0, 0.05) is 40.7 Å². The minimum atomic E-state index is -3.55. The molecule has 1 aliphatic rings. The molecule has 2 heterocycles. The van der Waals surface area contributed by atoms with E-state index in [1.165, 1.54) is 20.2 Å². The number of amides is 1. The van der Waals surface area contributed by atoms with E-state index in [1.807, 2.05) is 11.6 Å². The van der Waals surface area contributed by atoms with E-state index in [-0.39, 0.29) is 17.2 Å². The quantitative estimate of drug-likeness (QED) is 0.595. The fourth-order valence-corrected chi connectivity index (χ4v) is 4.64. The van der Waals surface area contributed by atoms with Crippen LogP contribution in [0, 0.1) is 0 Å². The summed E-state index contributed by atoms with van der Waals surface area (Å²) >= 11 is 0. The molecule has 9 nitrogen and oxygen atoms in total. The Morgan fingerprint density at radius 2 is 1.87 bits per heavy atom. The highest BCUT2D eigenvalue weighted by Gasteiger charge is 2.25. The zero-order chi connectivity index (χ0) is 22.8. The third kappa shape index (κ3) is 5.07. The molecule has 0 aliphatic carbocycles. The molecule has 1 saturated heterocycles. The molecule has 0 N–H and O–H groups in total. The van der Waals surface area contributed by atoms with Crippen molar-refractivity contribution in [3.8, 4) is 0 Å². The minimum absolute atomic E-state index is 0.0810. The lowest BCUT2D eigenvalue weighted by Crippen LogP contribution is -2.42. The van der Waals surface area contributed by atoms with E-state index < -0.39 is 22.1 Å². The molecule has 10 heteroatoms. The van der Waals surface area contributed by atoms with Crippen LogP contribution in [0.5, 0.6) is 0 Å². The summed E-state index contributed by atoms with van der Waals surface area (Å²) in [4.78, 5) is 31.1. The van der Waals surface area contributed by atoms with Crippen LogP contribution in [0.15, 0.2) is 23.1 Å². The Balaban J connectivity index is 1.64. The normalized spacial score (nSPS) is 16.0. The van der Waals surface area contributed by atoms with Gasteiger partial charge in [-0.05, 0) is 44.4 Å². The average molecular weight is 451 g/mol. The Labute approximate surface area is 183 Å². The highest BCUT2D eigenvalue weighted by molar-refractivity contribution is 7.89. The first-order valence-corrected chi connectivity index (χ1v) is 11.9. The first-order chi connectivity index (χ1) is 14.6. The highest BCUT2D eigenvalue weighted by atomic mass is 32.2. The van der Waals surface area contributed by atoms with Crippen molar-refractivity contribution >= 4 is 32.9 Å². The first kappa shape index (κ1) is 23.2. The maximum Gasteiger partial charge on any atom is 0.307 e. The average Bonchev–Trinajstić information content (AvgIpc) is 3.07. The summed E-state index contributed by atoms with van der Waals surface area (Å²) in [5.41, 5.74) is 1.32. The molecule has 1 amide bonds. The number of rotatable bonds is 7. The van der Waals surface area contributed by atoms with Gasteiger partial charge in [-0.1, -0.05) is 0 Å². The molecular weight excluding hydrogens is 420 g/mol. The number of ether oxygens (including phenoxy) is 1. The van der Waals surface area contributed by atoms with Crippen molar-refractivity contribution in [3.63, 3.8) is 0 Å². The Kier molecular flexibility index (Phi) is 7.00. The molecule has 0 spiro atoms. The minimum Gasteiger partial charge on any atom is -0.453 e. The maximum atomic E-state index is 12.4. The van der Waals surface area contributed by atoms with Crippen molar-refractivity contribution in [2.24, 2.45) is 7.05 Å². The van der Waals surface area contributed by atoms with Crippen LogP contribution in [-0.4, -0.2) is 72.3 Å². The lowest BCUT2D eigenvalue weighted by atomic mass is 10.1. The topological polar surface area (TPSA) is 102 Å². The van der Waals surface area contributed by atoms with E-state index in [1.54, 1.807) is 24.0 Å². The molecular formula is C21H30N4O5S. The number of likely N-dealkylation sites (tertiary alicyclic amines) is 1. The number of fused-ring (bicyclic) bond motifs is 1. The van der Waals surface area contributed by atoms with Crippen LogP contribution in [0.2, 0.25) is 0 Å². The zero-order valence-electron chi connectivity index (χ0n) is 18.5. The summed E-state index contributed by atoms with van der Waals surface area (Å²) in [5, 5.41) is 0. The molecule has 0 saturated carbocycles. The zero-order valence-corrected chi connectivity index (χ0v) is 19.3. The Hall–Kier alpha value is -2.46. The van der Waals surface area contributed by atoms with Crippen LogP contribution >= 0.6 is 0 Å². The smallest absolute Gasteiger partial charge is 0.307 e. The van der Waals surface area contributed by atoms with Gasteiger partial charge in [0.2, 0.25) is 10.0 Å². The van der Waals surface area contributed by atoms with Gasteiger partial charge in [-0.3, -0.25) is 9.59 Å². The van der Waals surface area contributed by atoms with Gasteiger partial charge in [0.25, 0.3) is 5.91 Å². The van der Waals surface area contributed by atoms with Crippen molar-refractivity contribution in [1.29, 1.82) is 0 Å². The number of nitrogens with zero attached hydrogens (tertiary/aromatic N) is 4. The van der Waals surface area contributed by atoms with E-state index in [0.29, 0.717) is 30.9 Å². The van der Waals surface area contributed by atoms with Crippen LogP contribution in [0.25, 0.3) is 11.0 Å². The second kappa shape index (κ2) is 9.35. The number of carbonyl (C=O) groups excluding carboxylic acids is 2. The van der Waals surface area contributed by atoms with E-state index in [2.05, 4.69) is 4.98 Å². The highest BCUT2D eigenvalue weighted by Crippen LogP contribution is 2.22. The largest absolute Gasteiger partial charge is 0.453 e. The number of hydrogen-bond acceptors (Lipinski definition) is 6. The number of piperidine rings is 1. The van der Waals surface area contributed by atoms with Crippen molar-refractivity contribution in [2.45, 2.75) is 50.0 Å². The molecule has 0 radical (unpaired) electrons. The number of aryl methyl sites for hydroxylation is 2. The van der Waals surface area contributed by atoms with E-state index >= 15 is 0 Å². The first-order valence-electron chi connectivity index (χ1n) is 10.5. The van der Waals surface area contributed by atoms with Crippen LogP contribution in [0.4, 0.5) is 0 Å². The fraction of sp³-hybridized carbons (Fsp3) is 0.571. The summed E-state index contributed by atoms with van der Waals surface area (Å²) in [5.74, 6) is 0.0348. The van der Waals surface area contributed by atoms with Gasteiger partial charge in [0.05, 0.1) is 22.3 Å². The van der Waals surface area contributed by atoms with Crippen molar-refractivity contribution in [2.75, 3.05) is 27.2 Å². The van der Waals surface area contributed by atoms with Gasteiger partial charge >= 0.3 is 5.97 Å². The molecule has 1 atom stereocenters. The van der Waals surface area contributed by atoms with Gasteiger partial charge < -0.3 is 14.2 Å². The third-order valence-electron chi connectivity index (χ3n) is 5.60. The van der Waals surface area contributed by atoms with Gasteiger partial charge in [0.1, 0.15) is 5.82 Å². The van der Waals surface area contributed by atoms with Crippen molar-refractivity contribution < 1.29 is 22.7 Å². The molecule has 1 aromatic heterocycles. The second-order valence-electron chi connectivity index (χ2n) is 8.04. The Bertz CT molecular complexity index is 1070. The Morgan fingerprint density at radius 3 is 2.52 bits per heavy atom. The number of sulfonamides is 1. The maximum absolute atomic E-state index is 12.4. The van der Waals surface area contributed by atoms with E-state index in [9.17, 15) is 18.0 Å². The lowest BCUT2D eigenvalue weighted by molar-refractivity contribution is -0.159. The van der Waals surface area contributed by atoms with E-state index in [0.717, 1.165) is 29.1 Å². The second-order valence-corrected chi connectivity index (χ2v) is 10.2. The molecule has 1 aliphatic heterocycles. The molecule has 0 bridgehead atoms. The number of hydrogen-bond donors (Lipinski definition) is 0. The number of carbonyl (C=O) groups is 2. The Morgan fingerprint density at radius 1 is 1.19 bits per heavy atom. The summed E-state index contributed by atoms with van der Waals surface area (Å²) in [7, 11) is 1.22. The third-order valence-corrected chi connectivity index (χ3v) is 7.41. The van der Waals surface area contributed by atoms with Crippen molar-refractivity contribution in [3.05, 3.63) is 24.0 Å². The van der Waals surface area contributed by atoms with Crippen molar-refractivity contribution in [1.82, 2.24) is 18.8 Å². The predicted molar refractivity (Wildman–Crippen MR) is 116 cm³/mol. The molecule has 2 aromatic rings. The summed E-state index contributed by atoms with van der Waals surface area (Å²) in [6.45, 7) is 3.04. The summed E-state index contributed by atoms with van der Waals surface area (Å²) < 4.78 is 33.0. The number of benzene rings is 1. The van der Waals surface area contributed by atoms with E-state index in [4.69, 9.17) is 4.74 Å². The molecule has 3 rings (SSSR count). The molecule has 1 fully saturated rings. The van der Waals surface area contributed by atoms with Gasteiger partial charge in [-0.25, -0.2) is 17.7 Å². The SMILES string of the molecule is CC(OC(=O)CCc1nc2cc(S(=O)(=O)N(C)C)ccc2n1C)C(=O)N1CCCCC1. The number of aromatic nitrogens is 2. The summed E-state index contributed by atoms with van der Waals surface area (Å²) in [6.07, 6.45) is 2.69. The molecule has 1 unspecified atom stereocenters. The number of imidazole rings is 1. The molecule has 1 aromatic carbocycles. The van der Waals surface area contributed by atoms with Crippen LogP contribution in [-0.2, 0) is 37.8 Å². The lowest BCUT2D eigenvalue weighted by Gasteiger charge is -2.28. The summed E-state index contributed by atoms with van der Waals surface area (Å²) in [6, 6.07) is 4.79. The molecule has 31 heavy (non-hydrogen) atoms.